The Bertz CT molecular complexity index is 543. The predicted molar refractivity (Wildman–Crippen MR) is 72.1 cm³/mol. The number of benzene rings is 2. The molecular weight excluding hydrogens is 211 g/mol. The van der Waals surface area contributed by atoms with E-state index in [-0.39, 0.29) is 18.9 Å². The van der Waals surface area contributed by atoms with Gasteiger partial charge in [0.15, 0.2) is 0 Å². The predicted octanol–water partition coefficient (Wildman–Crippen LogP) is 1.40. The maximum atomic E-state index is 3.61. The van der Waals surface area contributed by atoms with Crippen LogP contribution in [0.2, 0.25) is 0 Å². The number of fused-ring (bicyclic) bond motifs is 3. The van der Waals surface area contributed by atoms with Crippen molar-refractivity contribution < 1.29 is 18.9 Å². The van der Waals surface area contributed by atoms with Gasteiger partial charge in [0.25, 0.3) is 0 Å². The zero-order valence-corrected chi connectivity index (χ0v) is 11.3. The van der Waals surface area contributed by atoms with E-state index < -0.39 is 0 Å². The van der Waals surface area contributed by atoms with Gasteiger partial charge in [0.2, 0.25) is 0 Å². The van der Waals surface area contributed by atoms with Gasteiger partial charge in [-0.05, 0) is 6.42 Å². The van der Waals surface area contributed by atoms with Crippen molar-refractivity contribution in [1.82, 2.24) is 0 Å². The van der Waals surface area contributed by atoms with Crippen molar-refractivity contribution in [2.75, 3.05) is 0 Å². The molecule has 0 atom stereocenters. The summed E-state index contributed by atoms with van der Waals surface area (Å²) in [6.07, 6.45) is 4.75. The topological polar surface area (TPSA) is 0 Å². The third kappa shape index (κ3) is 2.41. The van der Waals surface area contributed by atoms with E-state index in [0.29, 0.717) is 0 Å². The first-order valence-electron chi connectivity index (χ1n) is 6.51. The van der Waals surface area contributed by atoms with Crippen molar-refractivity contribution in [3.63, 3.8) is 0 Å². The monoisotopic (exact) mass is 228 g/mol. The van der Waals surface area contributed by atoms with E-state index in [1.54, 1.807) is 0 Å². The Balaban J connectivity index is 0.00000120. The van der Waals surface area contributed by atoms with Crippen LogP contribution in [-0.4, -0.2) is 0 Å². The molecule has 1 aliphatic rings. The standard InChI is InChI=1S/C17H17.Li/c1-2-3-6-13-9-10-17-15(11-13)12-14-7-4-5-8-16(14)17;/h4-5,7-10H,2-3,6,12H2,1H3;/q-1;+1. The summed E-state index contributed by atoms with van der Waals surface area (Å²) in [4.78, 5) is 0. The van der Waals surface area contributed by atoms with Gasteiger partial charge in [-0.1, -0.05) is 61.6 Å². The van der Waals surface area contributed by atoms with Crippen molar-refractivity contribution >= 4 is 0 Å². The summed E-state index contributed by atoms with van der Waals surface area (Å²) in [7, 11) is 0. The Morgan fingerprint density at radius 3 is 2.72 bits per heavy atom. The van der Waals surface area contributed by atoms with Gasteiger partial charge in [-0.25, -0.2) is 0 Å². The second-order valence-electron chi connectivity index (χ2n) is 4.81. The molecule has 18 heavy (non-hydrogen) atoms. The minimum Gasteiger partial charge on any atom is -0.176 e. The van der Waals surface area contributed by atoms with E-state index >= 15 is 0 Å². The SMILES string of the molecule is CCCCc1[c-]c2c(cc1)-c1ccccc1C2.[Li+]. The summed E-state index contributed by atoms with van der Waals surface area (Å²) in [5.74, 6) is 0. The average molecular weight is 228 g/mol. The fourth-order valence-corrected chi connectivity index (χ4v) is 2.62. The Morgan fingerprint density at radius 2 is 1.89 bits per heavy atom. The molecule has 0 fully saturated rings. The summed E-state index contributed by atoms with van der Waals surface area (Å²) >= 11 is 0. The van der Waals surface area contributed by atoms with Crippen molar-refractivity contribution in [3.05, 3.63) is 59.2 Å². The van der Waals surface area contributed by atoms with Crippen LogP contribution >= 0.6 is 0 Å². The minimum absolute atomic E-state index is 0. The maximum Gasteiger partial charge on any atom is 1.00 e. The molecule has 1 heteroatoms. The second kappa shape index (κ2) is 5.78. The van der Waals surface area contributed by atoms with Crippen LogP contribution in [0.3, 0.4) is 0 Å². The Kier molecular flexibility index (Phi) is 4.33. The van der Waals surface area contributed by atoms with Gasteiger partial charge in [-0.3, -0.25) is 0 Å². The van der Waals surface area contributed by atoms with Crippen LogP contribution in [0.1, 0.15) is 36.5 Å². The summed E-state index contributed by atoms with van der Waals surface area (Å²) in [6.45, 7) is 2.24. The zero-order valence-electron chi connectivity index (χ0n) is 11.3. The molecule has 0 unspecified atom stereocenters. The molecule has 2 aromatic rings. The normalized spacial score (nSPS) is 11.6. The van der Waals surface area contributed by atoms with Gasteiger partial charge in [0.1, 0.15) is 0 Å². The van der Waals surface area contributed by atoms with Crippen LogP contribution in [0.5, 0.6) is 0 Å². The van der Waals surface area contributed by atoms with Gasteiger partial charge >= 0.3 is 18.9 Å². The van der Waals surface area contributed by atoms with Crippen LogP contribution in [-0.2, 0) is 12.8 Å². The van der Waals surface area contributed by atoms with E-state index in [0.717, 1.165) is 6.42 Å². The first-order chi connectivity index (χ1) is 8.38. The van der Waals surface area contributed by atoms with Gasteiger partial charge in [-0.15, -0.1) is 11.1 Å². The molecule has 0 N–H and O–H groups in total. The maximum absolute atomic E-state index is 3.61. The van der Waals surface area contributed by atoms with Crippen LogP contribution in [0.4, 0.5) is 0 Å². The van der Waals surface area contributed by atoms with E-state index in [1.165, 1.54) is 47.1 Å². The Hall–Kier alpha value is -0.963. The van der Waals surface area contributed by atoms with E-state index in [2.05, 4.69) is 49.4 Å². The van der Waals surface area contributed by atoms with Crippen LogP contribution in [0.15, 0.2) is 36.4 Å². The molecule has 0 amide bonds. The molecule has 3 rings (SSSR count). The molecule has 0 saturated heterocycles. The molecule has 0 spiro atoms. The largest absolute Gasteiger partial charge is 1.00 e. The average Bonchev–Trinajstić information content (AvgIpc) is 2.74. The number of rotatable bonds is 3. The molecule has 0 heterocycles. The first kappa shape index (κ1) is 13.5. The van der Waals surface area contributed by atoms with E-state index in [1.807, 2.05) is 0 Å². The summed E-state index contributed by atoms with van der Waals surface area (Å²) < 4.78 is 0. The second-order valence-corrected chi connectivity index (χ2v) is 4.81. The number of hydrogen-bond acceptors (Lipinski definition) is 0. The molecule has 0 aromatic heterocycles. The molecular formula is C17H17Li. The fraction of sp³-hybridized carbons (Fsp3) is 0.294. The number of hydrogen-bond donors (Lipinski definition) is 0. The molecule has 0 nitrogen and oxygen atoms in total. The number of unbranched alkanes of at least 4 members (excludes halogenated alkanes) is 1. The molecule has 0 radical (unpaired) electrons. The Labute approximate surface area is 122 Å². The minimum atomic E-state index is 0. The molecule has 1 aliphatic carbocycles. The smallest absolute Gasteiger partial charge is 0.176 e. The first-order valence-corrected chi connectivity index (χ1v) is 6.51. The molecule has 0 bridgehead atoms. The molecule has 86 valence electrons. The van der Waals surface area contributed by atoms with Crippen molar-refractivity contribution in [2.45, 2.75) is 32.6 Å². The molecule has 0 saturated carbocycles. The van der Waals surface area contributed by atoms with Crippen LogP contribution in [0.25, 0.3) is 11.1 Å². The quantitative estimate of drug-likeness (QED) is 0.469. The van der Waals surface area contributed by atoms with Crippen LogP contribution in [0, 0.1) is 6.07 Å². The van der Waals surface area contributed by atoms with Gasteiger partial charge < -0.3 is 0 Å². The van der Waals surface area contributed by atoms with Crippen molar-refractivity contribution in [1.29, 1.82) is 0 Å². The fourth-order valence-electron chi connectivity index (χ4n) is 2.62. The van der Waals surface area contributed by atoms with Gasteiger partial charge in [-0.2, -0.15) is 23.8 Å². The van der Waals surface area contributed by atoms with Gasteiger partial charge in [0.05, 0.1) is 0 Å². The van der Waals surface area contributed by atoms with Crippen molar-refractivity contribution in [2.24, 2.45) is 0 Å². The van der Waals surface area contributed by atoms with Crippen LogP contribution < -0.4 is 18.9 Å². The molecule has 0 aliphatic heterocycles. The Morgan fingerprint density at radius 1 is 1.06 bits per heavy atom. The number of aryl methyl sites for hydroxylation is 1. The van der Waals surface area contributed by atoms with E-state index in [9.17, 15) is 0 Å². The third-order valence-electron chi connectivity index (χ3n) is 3.56. The van der Waals surface area contributed by atoms with Gasteiger partial charge in [0, 0.05) is 0 Å². The van der Waals surface area contributed by atoms with E-state index in [4.69, 9.17) is 0 Å². The summed E-state index contributed by atoms with van der Waals surface area (Å²) in [6, 6.07) is 16.8. The summed E-state index contributed by atoms with van der Waals surface area (Å²) in [5.41, 5.74) is 7.01. The van der Waals surface area contributed by atoms with Crippen molar-refractivity contribution in [3.8, 4) is 11.1 Å². The third-order valence-corrected chi connectivity index (χ3v) is 3.56. The molecule has 2 aromatic carbocycles. The summed E-state index contributed by atoms with van der Waals surface area (Å²) in [5, 5.41) is 0. The zero-order chi connectivity index (χ0) is 11.7.